The fraction of sp³-hybridized carbons (Fsp3) is 0.214. The summed E-state index contributed by atoms with van der Waals surface area (Å²) in [6.45, 7) is -0.813. The molecule has 0 aliphatic rings. The van der Waals surface area contributed by atoms with E-state index < -0.39 is 6.61 Å². The van der Waals surface area contributed by atoms with Crippen molar-refractivity contribution < 1.29 is 13.5 Å². The molecular formula is C14H14F2N2O. The average Bonchev–Trinajstić information content (AvgIpc) is 2.40. The zero-order valence-corrected chi connectivity index (χ0v) is 10.4. The zero-order valence-electron chi connectivity index (χ0n) is 10.4. The average molecular weight is 264 g/mol. The number of halogens is 2. The number of hydrogen-bond acceptors (Lipinski definition) is 3. The molecule has 0 amide bonds. The largest absolute Gasteiger partial charge is 0.435 e. The van der Waals surface area contributed by atoms with Crippen molar-refractivity contribution in [3.05, 3.63) is 54.4 Å². The summed E-state index contributed by atoms with van der Waals surface area (Å²) >= 11 is 0. The number of hydrogen-bond donors (Lipinski definition) is 1. The van der Waals surface area contributed by atoms with Gasteiger partial charge in [0.05, 0.1) is 5.69 Å². The fourth-order valence-corrected chi connectivity index (χ4v) is 1.72. The maximum atomic E-state index is 12.0. The molecule has 0 saturated carbocycles. The summed E-state index contributed by atoms with van der Waals surface area (Å²) in [4.78, 5) is 4.01. The van der Waals surface area contributed by atoms with Crippen LogP contribution in [-0.4, -0.2) is 11.6 Å². The Hall–Kier alpha value is -2.17. The van der Waals surface area contributed by atoms with Gasteiger partial charge in [-0.1, -0.05) is 12.1 Å². The number of aromatic nitrogens is 1. The molecular weight excluding hydrogens is 250 g/mol. The maximum Gasteiger partial charge on any atom is 0.387 e. The Morgan fingerprint density at radius 3 is 2.47 bits per heavy atom. The van der Waals surface area contributed by atoms with Crippen LogP contribution in [0.4, 0.5) is 14.5 Å². The molecule has 0 saturated heterocycles. The van der Waals surface area contributed by atoms with E-state index in [1.165, 1.54) is 12.1 Å². The smallest absolute Gasteiger partial charge is 0.387 e. The van der Waals surface area contributed by atoms with Gasteiger partial charge in [0.1, 0.15) is 5.75 Å². The molecule has 0 aliphatic heterocycles. The molecule has 0 bridgehead atoms. The van der Waals surface area contributed by atoms with E-state index >= 15 is 0 Å². The molecule has 0 aliphatic carbocycles. The second kappa shape index (κ2) is 6.13. The van der Waals surface area contributed by atoms with Gasteiger partial charge in [-0.25, -0.2) is 0 Å². The predicted molar refractivity (Wildman–Crippen MR) is 69.3 cm³/mol. The normalized spacial score (nSPS) is 12.2. The van der Waals surface area contributed by atoms with Gasteiger partial charge in [-0.05, 0) is 36.8 Å². The van der Waals surface area contributed by atoms with Gasteiger partial charge >= 0.3 is 6.61 Å². The lowest BCUT2D eigenvalue weighted by molar-refractivity contribution is -0.0498. The topological polar surface area (TPSA) is 34.2 Å². The van der Waals surface area contributed by atoms with Gasteiger partial charge in [0.25, 0.3) is 0 Å². The van der Waals surface area contributed by atoms with Crippen LogP contribution in [0, 0.1) is 0 Å². The fourth-order valence-electron chi connectivity index (χ4n) is 1.72. The van der Waals surface area contributed by atoms with Crippen molar-refractivity contribution in [3.8, 4) is 5.75 Å². The molecule has 100 valence electrons. The highest BCUT2D eigenvalue weighted by Crippen LogP contribution is 2.22. The van der Waals surface area contributed by atoms with E-state index in [1.54, 1.807) is 24.5 Å². The third-order valence-electron chi connectivity index (χ3n) is 2.65. The van der Waals surface area contributed by atoms with E-state index in [9.17, 15) is 8.78 Å². The van der Waals surface area contributed by atoms with Crippen LogP contribution in [0.25, 0.3) is 0 Å². The molecule has 2 aromatic rings. The minimum absolute atomic E-state index is 0.0461. The Morgan fingerprint density at radius 1 is 1.16 bits per heavy atom. The van der Waals surface area contributed by atoms with E-state index in [-0.39, 0.29) is 11.8 Å². The number of ether oxygens (including phenoxy) is 1. The maximum absolute atomic E-state index is 12.0. The lowest BCUT2D eigenvalue weighted by Gasteiger charge is -2.15. The molecule has 3 nitrogen and oxygen atoms in total. The minimum atomic E-state index is -2.79. The number of pyridine rings is 1. The van der Waals surface area contributed by atoms with Crippen LogP contribution in [0.5, 0.6) is 5.75 Å². The first kappa shape index (κ1) is 13.3. The van der Waals surface area contributed by atoms with Crippen molar-refractivity contribution in [2.45, 2.75) is 19.6 Å². The Bertz CT molecular complexity index is 503. The van der Waals surface area contributed by atoms with Crippen LogP contribution in [0.2, 0.25) is 0 Å². The number of rotatable bonds is 5. The third-order valence-corrected chi connectivity index (χ3v) is 2.65. The summed E-state index contributed by atoms with van der Waals surface area (Å²) in [7, 11) is 0. The summed E-state index contributed by atoms with van der Waals surface area (Å²) in [6, 6.07) is 10.4. The van der Waals surface area contributed by atoms with E-state index in [1.807, 2.05) is 19.1 Å². The molecule has 5 heteroatoms. The van der Waals surface area contributed by atoms with Crippen LogP contribution in [0.15, 0.2) is 48.8 Å². The number of benzene rings is 1. The molecule has 1 aromatic heterocycles. The summed E-state index contributed by atoms with van der Waals surface area (Å²) in [6.07, 6.45) is 3.43. The molecule has 1 unspecified atom stereocenters. The van der Waals surface area contributed by atoms with Crippen LogP contribution in [0.3, 0.4) is 0 Å². The number of anilines is 1. The quantitative estimate of drug-likeness (QED) is 0.890. The van der Waals surface area contributed by atoms with Gasteiger partial charge in [-0.2, -0.15) is 8.78 Å². The molecule has 1 heterocycles. The first-order valence-corrected chi connectivity index (χ1v) is 5.86. The van der Waals surface area contributed by atoms with Crippen molar-refractivity contribution in [2.24, 2.45) is 0 Å². The number of alkyl halides is 2. The van der Waals surface area contributed by atoms with Gasteiger partial charge in [-0.15, -0.1) is 0 Å². The summed E-state index contributed by atoms with van der Waals surface area (Å²) in [5.41, 5.74) is 1.88. The Balaban J connectivity index is 2.01. The van der Waals surface area contributed by atoms with Crippen molar-refractivity contribution in [2.75, 3.05) is 5.32 Å². The van der Waals surface area contributed by atoms with E-state index in [2.05, 4.69) is 15.0 Å². The van der Waals surface area contributed by atoms with Crippen molar-refractivity contribution >= 4 is 5.69 Å². The van der Waals surface area contributed by atoms with Gasteiger partial charge in [0, 0.05) is 18.4 Å². The highest BCUT2D eigenvalue weighted by Gasteiger charge is 2.07. The first-order valence-electron chi connectivity index (χ1n) is 5.86. The lowest BCUT2D eigenvalue weighted by Crippen LogP contribution is -2.07. The number of nitrogens with zero attached hydrogens (tertiary/aromatic N) is 1. The van der Waals surface area contributed by atoms with Gasteiger partial charge in [0.15, 0.2) is 0 Å². The summed E-state index contributed by atoms with van der Waals surface area (Å²) < 4.78 is 28.4. The van der Waals surface area contributed by atoms with Gasteiger partial charge < -0.3 is 10.1 Å². The van der Waals surface area contributed by atoms with Crippen LogP contribution in [-0.2, 0) is 0 Å². The molecule has 1 N–H and O–H groups in total. The third kappa shape index (κ3) is 3.91. The highest BCUT2D eigenvalue weighted by atomic mass is 19.3. The van der Waals surface area contributed by atoms with Crippen molar-refractivity contribution in [3.63, 3.8) is 0 Å². The molecule has 0 radical (unpaired) electrons. The van der Waals surface area contributed by atoms with Gasteiger partial charge in [-0.3, -0.25) is 4.98 Å². The van der Waals surface area contributed by atoms with Crippen LogP contribution in [0.1, 0.15) is 18.5 Å². The second-order valence-electron chi connectivity index (χ2n) is 4.06. The molecule has 0 spiro atoms. The van der Waals surface area contributed by atoms with Crippen molar-refractivity contribution in [1.29, 1.82) is 0 Å². The van der Waals surface area contributed by atoms with E-state index in [0.717, 1.165) is 11.3 Å². The first-order chi connectivity index (χ1) is 9.15. The monoisotopic (exact) mass is 264 g/mol. The molecule has 2 rings (SSSR count). The molecule has 0 fully saturated rings. The zero-order chi connectivity index (χ0) is 13.7. The summed E-state index contributed by atoms with van der Waals surface area (Å²) in [5.74, 6) is 0.160. The number of nitrogens with one attached hydrogen (secondary N) is 1. The Kier molecular flexibility index (Phi) is 4.28. The molecule has 1 atom stereocenters. The Labute approximate surface area is 110 Å². The summed E-state index contributed by atoms with van der Waals surface area (Å²) in [5, 5.41) is 3.27. The predicted octanol–water partition coefficient (Wildman–Crippen LogP) is 3.86. The second-order valence-corrected chi connectivity index (χ2v) is 4.06. The van der Waals surface area contributed by atoms with E-state index in [0.29, 0.717) is 0 Å². The standard InChI is InChI=1S/C14H14F2N2O/c1-10(18-12-3-2-8-17-9-12)11-4-6-13(7-5-11)19-14(15)16/h2-10,14,18H,1H3. The highest BCUT2D eigenvalue weighted by molar-refractivity contribution is 5.43. The molecule has 1 aromatic carbocycles. The lowest BCUT2D eigenvalue weighted by atomic mass is 10.1. The van der Waals surface area contributed by atoms with Gasteiger partial charge in [0.2, 0.25) is 0 Å². The van der Waals surface area contributed by atoms with E-state index in [4.69, 9.17) is 0 Å². The Morgan fingerprint density at radius 2 is 1.89 bits per heavy atom. The molecule has 19 heavy (non-hydrogen) atoms. The SMILES string of the molecule is CC(Nc1cccnc1)c1ccc(OC(F)F)cc1. The van der Waals surface area contributed by atoms with Crippen molar-refractivity contribution in [1.82, 2.24) is 4.98 Å². The van der Waals surface area contributed by atoms with Crippen LogP contribution < -0.4 is 10.1 Å². The van der Waals surface area contributed by atoms with Crippen LogP contribution >= 0.6 is 0 Å². The minimum Gasteiger partial charge on any atom is -0.435 e.